The first-order valence-corrected chi connectivity index (χ1v) is 5.36. The standard InChI is InChI=1S/C13H15NO2/c1-8(2)14-9(3)7-10-5-4-6-11(12(10)14)13(15)16/h4-8H,1-3H3,(H,15,16). The molecule has 0 unspecified atom stereocenters. The molecule has 3 heteroatoms. The molecule has 0 radical (unpaired) electrons. The predicted octanol–water partition coefficient (Wildman–Crippen LogP) is 3.23. The summed E-state index contributed by atoms with van der Waals surface area (Å²) >= 11 is 0. The van der Waals surface area contributed by atoms with E-state index < -0.39 is 5.97 Å². The van der Waals surface area contributed by atoms with Crippen LogP contribution in [0.2, 0.25) is 0 Å². The third-order valence-electron chi connectivity index (χ3n) is 2.80. The van der Waals surface area contributed by atoms with Gasteiger partial charge < -0.3 is 9.67 Å². The van der Waals surface area contributed by atoms with Crippen LogP contribution in [0.25, 0.3) is 10.9 Å². The molecule has 1 aromatic carbocycles. The Morgan fingerprint density at radius 3 is 2.62 bits per heavy atom. The molecular weight excluding hydrogens is 202 g/mol. The minimum Gasteiger partial charge on any atom is -0.478 e. The van der Waals surface area contributed by atoms with Gasteiger partial charge in [0.2, 0.25) is 0 Å². The Morgan fingerprint density at radius 1 is 1.38 bits per heavy atom. The van der Waals surface area contributed by atoms with E-state index >= 15 is 0 Å². The Kier molecular flexibility index (Phi) is 2.46. The van der Waals surface area contributed by atoms with Crippen LogP contribution in [0.15, 0.2) is 24.3 Å². The molecule has 84 valence electrons. The van der Waals surface area contributed by atoms with E-state index in [9.17, 15) is 9.90 Å². The van der Waals surface area contributed by atoms with E-state index in [4.69, 9.17) is 0 Å². The number of hydrogen-bond acceptors (Lipinski definition) is 1. The van der Waals surface area contributed by atoms with E-state index in [0.717, 1.165) is 16.6 Å². The zero-order chi connectivity index (χ0) is 11.9. The summed E-state index contributed by atoms with van der Waals surface area (Å²) in [5.41, 5.74) is 2.29. The molecular formula is C13H15NO2. The van der Waals surface area contributed by atoms with Gasteiger partial charge in [0.05, 0.1) is 11.1 Å². The molecule has 16 heavy (non-hydrogen) atoms. The maximum atomic E-state index is 11.2. The van der Waals surface area contributed by atoms with Crippen molar-refractivity contribution < 1.29 is 9.90 Å². The second-order valence-electron chi connectivity index (χ2n) is 4.30. The van der Waals surface area contributed by atoms with Crippen molar-refractivity contribution in [2.45, 2.75) is 26.8 Å². The molecule has 1 aromatic heterocycles. The topological polar surface area (TPSA) is 42.2 Å². The molecule has 2 aromatic rings. The number of rotatable bonds is 2. The third kappa shape index (κ3) is 1.48. The Hall–Kier alpha value is -1.77. The SMILES string of the molecule is Cc1cc2cccc(C(=O)O)c2n1C(C)C. The van der Waals surface area contributed by atoms with Gasteiger partial charge >= 0.3 is 5.97 Å². The first-order valence-electron chi connectivity index (χ1n) is 5.36. The highest BCUT2D eigenvalue weighted by atomic mass is 16.4. The number of nitrogens with zero attached hydrogens (tertiary/aromatic N) is 1. The fraction of sp³-hybridized carbons (Fsp3) is 0.308. The second kappa shape index (κ2) is 3.67. The molecule has 0 bridgehead atoms. The van der Waals surface area contributed by atoms with Crippen molar-refractivity contribution in [3.8, 4) is 0 Å². The van der Waals surface area contributed by atoms with E-state index in [1.807, 2.05) is 19.1 Å². The lowest BCUT2D eigenvalue weighted by Gasteiger charge is -2.13. The van der Waals surface area contributed by atoms with Crippen LogP contribution in [0.3, 0.4) is 0 Å². The molecule has 0 saturated carbocycles. The molecule has 0 amide bonds. The number of aromatic nitrogens is 1. The monoisotopic (exact) mass is 217 g/mol. The molecule has 0 spiro atoms. The minimum atomic E-state index is -0.870. The van der Waals surface area contributed by atoms with Crippen molar-refractivity contribution in [2.75, 3.05) is 0 Å². The lowest BCUT2D eigenvalue weighted by Crippen LogP contribution is -2.06. The fourth-order valence-corrected chi connectivity index (χ4v) is 2.26. The highest BCUT2D eigenvalue weighted by Crippen LogP contribution is 2.26. The minimum absolute atomic E-state index is 0.262. The summed E-state index contributed by atoms with van der Waals surface area (Å²) in [6, 6.07) is 7.69. The van der Waals surface area contributed by atoms with Crippen molar-refractivity contribution in [2.24, 2.45) is 0 Å². The number of carboxylic acids is 1. The summed E-state index contributed by atoms with van der Waals surface area (Å²) in [6.45, 7) is 6.13. The van der Waals surface area contributed by atoms with Gasteiger partial charge in [-0.2, -0.15) is 0 Å². The Bertz CT molecular complexity index is 552. The van der Waals surface area contributed by atoms with Crippen LogP contribution in [0.1, 0.15) is 35.9 Å². The van der Waals surface area contributed by atoms with Crippen LogP contribution in [0, 0.1) is 6.92 Å². The van der Waals surface area contributed by atoms with Gasteiger partial charge in [-0.25, -0.2) is 4.79 Å². The lowest BCUT2D eigenvalue weighted by atomic mass is 10.1. The van der Waals surface area contributed by atoms with Crippen molar-refractivity contribution in [3.63, 3.8) is 0 Å². The van der Waals surface area contributed by atoms with Gasteiger partial charge in [0.1, 0.15) is 0 Å². The molecule has 1 N–H and O–H groups in total. The highest BCUT2D eigenvalue weighted by Gasteiger charge is 2.15. The highest BCUT2D eigenvalue weighted by molar-refractivity contribution is 6.02. The van der Waals surface area contributed by atoms with Crippen molar-refractivity contribution in [3.05, 3.63) is 35.5 Å². The maximum absolute atomic E-state index is 11.2. The largest absolute Gasteiger partial charge is 0.478 e. The molecule has 0 aliphatic carbocycles. The number of carboxylic acid groups (broad SMARTS) is 1. The average molecular weight is 217 g/mol. The normalized spacial score (nSPS) is 11.2. The number of aromatic carboxylic acids is 1. The fourth-order valence-electron chi connectivity index (χ4n) is 2.26. The molecule has 0 saturated heterocycles. The summed E-state index contributed by atoms with van der Waals surface area (Å²) in [4.78, 5) is 11.2. The zero-order valence-corrected chi connectivity index (χ0v) is 9.69. The van der Waals surface area contributed by atoms with E-state index in [0.29, 0.717) is 5.56 Å². The van der Waals surface area contributed by atoms with E-state index in [1.165, 1.54) is 0 Å². The third-order valence-corrected chi connectivity index (χ3v) is 2.80. The van der Waals surface area contributed by atoms with Gasteiger partial charge in [0, 0.05) is 17.1 Å². The van der Waals surface area contributed by atoms with Crippen molar-refractivity contribution in [1.29, 1.82) is 0 Å². The smallest absolute Gasteiger partial charge is 0.337 e. The molecule has 0 aliphatic rings. The lowest BCUT2D eigenvalue weighted by molar-refractivity contribution is 0.0698. The van der Waals surface area contributed by atoms with Gasteiger partial charge in [-0.05, 0) is 32.9 Å². The van der Waals surface area contributed by atoms with Gasteiger partial charge in [0.25, 0.3) is 0 Å². The number of carbonyl (C=O) groups is 1. The van der Waals surface area contributed by atoms with Crippen LogP contribution in [0.5, 0.6) is 0 Å². The molecule has 1 heterocycles. The van der Waals surface area contributed by atoms with E-state index in [2.05, 4.69) is 18.4 Å². The van der Waals surface area contributed by atoms with Crippen molar-refractivity contribution >= 4 is 16.9 Å². The van der Waals surface area contributed by atoms with Crippen LogP contribution in [0.4, 0.5) is 0 Å². The molecule has 2 rings (SSSR count). The van der Waals surface area contributed by atoms with Gasteiger partial charge in [-0.1, -0.05) is 12.1 Å². The number of benzene rings is 1. The summed E-state index contributed by atoms with van der Waals surface area (Å²) in [5, 5.41) is 10.2. The maximum Gasteiger partial charge on any atom is 0.337 e. The van der Waals surface area contributed by atoms with Gasteiger partial charge in [-0.15, -0.1) is 0 Å². The summed E-state index contributed by atoms with van der Waals surface area (Å²) < 4.78 is 2.07. The Labute approximate surface area is 94.3 Å². The zero-order valence-electron chi connectivity index (χ0n) is 9.69. The number of fused-ring (bicyclic) bond motifs is 1. The summed E-state index contributed by atoms with van der Waals surface area (Å²) in [6.07, 6.45) is 0. The second-order valence-corrected chi connectivity index (χ2v) is 4.30. The van der Waals surface area contributed by atoms with Gasteiger partial charge in [-0.3, -0.25) is 0 Å². The summed E-state index contributed by atoms with van der Waals surface area (Å²) in [7, 11) is 0. The van der Waals surface area contributed by atoms with E-state index in [1.54, 1.807) is 12.1 Å². The Balaban J connectivity index is 2.88. The quantitative estimate of drug-likeness (QED) is 0.839. The van der Waals surface area contributed by atoms with Crippen LogP contribution in [-0.2, 0) is 0 Å². The van der Waals surface area contributed by atoms with Crippen molar-refractivity contribution in [1.82, 2.24) is 4.57 Å². The average Bonchev–Trinajstić information content (AvgIpc) is 2.52. The first-order chi connectivity index (χ1) is 7.52. The van der Waals surface area contributed by atoms with Gasteiger partial charge in [0.15, 0.2) is 0 Å². The molecule has 0 atom stereocenters. The first kappa shape index (κ1) is 10.7. The summed E-state index contributed by atoms with van der Waals surface area (Å²) in [5.74, 6) is -0.870. The molecule has 0 aliphatic heterocycles. The number of aryl methyl sites for hydroxylation is 1. The molecule has 0 fully saturated rings. The number of para-hydroxylation sites is 1. The predicted molar refractivity (Wildman–Crippen MR) is 64.0 cm³/mol. The molecule has 3 nitrogen and oxygen atoms in total. The van der Waals surface area contributed by atoms with Crippen LogP contribution in [-0.4, -0.2) is 15.6 Å². The Morgan fingerprint density at radius 2 is 2.06 bits per heavy atom. The van der Waals surface area contributed by atoms with Crippen LogP contribution < -0.4 is 0 Å². The number of hydrogen-bond donors (Lipinski definition) is 1. The van der Waals surface area contributed by atoms with Crippen LogP contribution >= 0.6 is 0 Å². The van der Waals surface area contributed by atoms with E-state index in [-0.39, 0.29) is 6.04 Å².